The van der Waals surface area contributed by atoms with E-state index in [0.29, 0.717) is 0 Å². The second-order valence-electron chi connectivity index (χ2n) is 21.4. The molecule has 0 radical (unpaired) electrons. The van der Waals surface area contributed by atoms with Crippen LogP contribution in [0.15, 0.2) is 170 Å². The summed E-state index contributed by atoms with van der Waals surface area (Å²) in [5.74, 6) is 2.75. The smallest absolute Gasteiger partial charge is 0.206 e. The summed E-state index contributed by atoms with van der Waals surface area (Å²) in [4.78, 5) is 17.1. The van der Waals surface area contributed by atoms with Crippen LogP contribution in [0, 0.1) is 17.8 Å². The summed E-state index contributed by atoms with van der Waals surface area (Å²) in [6.07, 6.45) is 15.0. The summed E-state index contributed by atoms with van der Waals surface area (Å²) in [7, 11) is 0. The first-order valence-electron chi connectivity index (χ1n) is 29.9. The molecule has 2 saturated carbocycles. The molecule has 3 atom stereocenters. The van der Waals surface area contributed by atoms with Gasteiger partial charge < -0.3 is 44.4 Å². The minimum Gasteiger partial charge on any atom is -1.00 e. The van der Waals surface area contributed by atoms with Gasteiger partial charge in [-0.25, -0.2) is 9.98 Å². The predicted molar refractivity (Wildman–Crippen MR) is 337 cm³/mol. The standard InChI is InChI=1S/C39H47N3.C33H39N3.2ClH/c1-5-41(6-2)33-19-15-29(16-20-33)39(30-17-21-34(22-18-30)42(7-3)8-4)37-23-24-38(36-12-10-9-11-35(36)37)40-27-32-26-28-13-14-31(32)25-28;1-6-34-32-24-23-31(29-13-11-12-14-30(29)32)33(25-15-19-27(20-16-25)35(7-2)8-3)26-17-21-28(22-18-26)36(9-4)10-5;;/h9-12,15-24,28,31-32H,5-8,13-14,25-27H2,1-4H3;11-24H,6-10H2,1-5H3;2*1H. The summed E-state index contributed by atoms with van der Waals surface area (Å²) >= 11 is 0. The van der Waals surface area contributed by atoms with Crippen LogP contribution in [0.4, 0.5) is 22.7 Å². The van der Waals surface area contributed by atoms with Gasteiger partial charge in [-0.2, -0.15) is 0 Å². The monoisotopic (exact) mass is 1110 g/mol. The van der Waals surface area contributed by atoms with Crippen LogP contribution in [0.25, 0.3) is 22.3 Å². The molecule has 0 amide bonds. The van der Waals surface area contributed by atoms with Gasteiger partial charge in [-0.3, -0.25) is 0 Å². The molecule has 2 N–H and O–H groups in total. The molecule has 0 spiro atoms. The number of nitrogens with zero attached hydrogens (tertiary/aromatic N) is 4. The Kier molecular flexibility index (Phi) is 22.3. The van der Waals surface area contributed by atoms with Crippen LogP contribution in [0.1, 0.15) is 133 Å². The lowest BCUT2D eigenvalue weighted by Crippen LogP contribution is -3.00. The van der Waals surface area contributed by atoms with Crippen LogP contribution in [0.3, 0.4) is 0 Å². The van der Waals surface area contributed by atoms with E-state index < -0.39 is 0 Å². The van der Waals surface area contributed by atoms with Crippen molar-refractivity contribution in [1.82, 2.24) is 0 Å². The Balaban J connectivity index is 0.000000228. The van der Waals surface area contributed by atoms with Gasteiger partial charge >= 0.3 is 0 Å². The first-order valence-corrected chi connectivity index (χ1v) is 29.9. The quantitative estimate of drug-likeness (QED) is 0.0917. The lowest BCUT2D eigenvalue weighted by atomic mass is 9.83. The summed E-state index contributed by atoms with van der Waals surface area (Å²) in [5, 5.41) is 0. The first kappa shape index (κ1) is 61.0. The molecule has 10 rings (SSSR count). The van der Waals surface area contributed by atoms with Crippen LogP contribution >= 0.6 is 0 Å². The number of hydrogen-bond donors (Lipinski definition) is 2. The highest BCUT2D eigenvalue weighted by molar-refractivity contribution is 6.18. The van der Waals surface area contributed by atoms with Gasteiger partial charge in [0.25, 0.3) is 0 Å². The van der Waals surface area contributed by atoms with Crippen molar-refractivity contribution in [3.8, 4) is 0 Å². The zero-order chi connectivity index (χ0) is 54.5. The maximum Gasteiger partial charge on any atom is 0.206 e. The van der Waals surface area contributed by atoms with Crippen molar-refractivity contribution >= 4 is 56.5 Å². The Morgan fingerprint density at radius 1 is 0.375 bits per heavy atom. The van der Waals surface area contributed by atoms with Gasteiger partial charge in [-0.1, -0.05) is 91.3 Å². The highest BCUT2D eigenvalue weighted by atomic mass is 35.5. The van der Waals surface area contributed by atoms with Crippen molar-refractivity contribution in [3.05, 3.63) is 214 Å². The van der Waals surface area contributed by atoms with Crippen LogP contribution in [0.5, 0.6) is 0 Å². The molecule has 420 valence electrons. The van der Waals surface area contributed by atoms with Crippen molar-refractivity contribution in [1.29, 1.82) is 0 Å². The second-order valence-corrected chi connectivity index (χ2v) is 21.4. The Bertz CT molecular complexity index is 3020. The SMILES string of the molecule is CCN(CC)c1ccc(C(=C2C=CC(=[NH+]CC3CC4CCC3C4)c3ccccc32)c2ccc(N(CC)CC)cc2)cc1.CC[NH+]=C1C=CC(=C(c2ccc(N(CC)CC)cc2)c2ccc(N(CC)CC)cc2)c2ccccc21.[Cl-].[Cl-]. The molecule has 0 aromatic heterocycles. The number of allylic oxidation sites excluding steroid dienone is 6. The molecule has 80 heavy (non-hydrogen) atoms. The zero-order valence-corrected chi connectivity index (χ0v) is 50.9. The van der Waals surface area contributed by atoms with E-state index in [2.05, 4.69) is 262 Å². The number of benzene rings is 6. The maximum atomic E-state index is 3.91. The van der Waals surface area contributed by atoms with Gasteiger partial charge in [-0.05, 0) is 222 Å². The molecule has 2 bridgehead atoms. The number of halogens is 2. The van der Waals surface area contributed by atoms with Crippen LogP contribution in [-0.2, 0) is 0 Å². The van der Waals surface area contributed by atoms with Crippen molar-refractivity contribution in [3.63, 3.8) is 0 Å². The molecule has 0 aliphatic heterocycles. The molecular weight excluding hydrogens is 1020 g/mol. The topological polar surface area (TPSA) is 40.9 Å². The van der Waals surface area contributed by atoms with Gasteiger partial charge in [0.1, 0.15) is 13.1 Å². The molecule has 4 aliphatic carbocycles. The highest BCUT2D eigenvalue weighted by Crippen LogP contribution is 2.48. The second kappa shape index (κ2) is 29.2. The minimum absolute atomic E-state index is 0. The van der Waals surface area contributed by atoms with Crippen LogP contribution in [0.2, 0.25) is 0 Å². The fourth-order valence-electron chi connectivity index (χ4n) is 13.1. The van der Waals surface area contributed by atoms with E-state index in [0.717, 1.165) is 83.2 Å². The number of nitrogens with one attached hydrogen (secondary N) is 2. The molecular formula is C72H88Cl2N6. The van der Waals surface area contributed by atoms with Crippen LogP contribution < -0.4 is 54.4 Å². The summed E-state index contributed by atoms with van der Waals surface area (Å²) < 4.78 is 0. The molecule has 6 nitrogen and oxygen atoms in total. The van der Waals surface area contributed by atoms with Crippen molar-refractivity contribution < 1.29 is 34.8 Å². The summed E-state index contributed by atoms with van der Waals surface area (Å²) in [6.45, 7) is 30.0. The highest BCUT2D eigenvalue weighted by Gasteiger charge is 2.40. The molecule has 2 fully saturated rings. The third-order valence-electron chi connectivity index (χ3n) is 17.3. The Labute approximate surface area is 493 Å². The van der Waals surface area contributed by atoms with Gasteiger partial charge in [0.15, 0.2) is 0 Å². The molecule has 6 aromatic carbocycles. The van der Waals surface area contributed by atoms with Crippen LogP contribution in [-0.4, -0.2) is 76.9 Å². The largest absolute Gasteiger partial charge is 1.00 e. The number of hydrogen-bond acceptors (Lipinski definition) is 4. The lowest BCUT2D eigenvalue weighted by molar-refractivity contribution is -0.466. The normalized spacial score (nSPS) is 17.4. The average molecular weight is 1110 g/mol. The Morgan fingerprint density at radius 2 is 0.700 bits per heavy atom. The van der Waals surface area contributed by atoms with E-state index in [1.54, 1.807) is 0 Å². The number of rotatable bonds is 19. The third-order valence-corrected chi connectivity index (χ3v) is 17.3. The van der Waals surface area contributed by atoms with Gasteiger partial charge in [0, 0.05) is 93.2 Å². The third kappa shape index (κ3) is 13.4. The first-order chi connectivity index (χ1) is 38.3. The fraction of sp³-hybridized carbons (Fsp3) is 0.361. The van der Waals surface area contributed by atoms with Gasteiger partial charge in [0.2, 0.25) is 11.4 Å². The van der Waals surface area contributed by atoms with E-state index in [9.17, 15) is 0 Å². The van der Waals surface area contributed by atoms with E-state index in [1.165, 1.54) is 127 Å². The van der Waals surface area contributed by atoms with Gasteiger partial charge in [-0.15, -0.1) is 0 Å². The van der Waals surface area contributed by atoms with Crippen molar-refractivity contribution in [2.45, 2.75) is 88.0 Å². The molecule has 6 aromatic rings. The molecule has 3 unspecified atom stereocenters. The van der Waals surface area contributed by atoms with Crippen molar-refractivity contribution in [2.24, 2.45) is 17.8 Å². The Hall–Kier alpha value is -6.60. The lowest BCUT2D eigenvalue weighted by Gasteiger charge is -2.24. The molecule has 4 aliphatic rings. The number of fused-ring (bicyclic) bond motifs is 4. The van der Waals surface area contributed by atoms with E-state index in [4.69, 9.17) is 0 Å². The predicted octanol–water partition coefficient (Wildman–Crippen LogP) is 7.02. The van der Waals surface area contributed by atoms with Gasteiger partial charge in [0.05, 0.1) is 11.1 Å². The molecule has 0 saturated heterocycles. The van der Waals surface area contributed by atoms with E-state index in [1.807, 2.05) is 0 Å². The molecule has 0 heterocycles. The minimum atomic E-state index is 0. The average Bonchev–Trinajstić information content (AvgIpc) is 4.24. The Morgan fingerprint density at radius 3 is 0.988 bits per heavy atom. The van der Waals surface area contributed by atoms with E-state index in [-0.39, 0.29) is 24.8 Å². The zero-order valence-electron chi connectivity index (χ0n) is 49.3. The van der Waals surface area contributed by atoms with Crippen molar-refractivity contribution in [2.75, 3.05) is 85.0 Å². The summed E-state index contributed by atoms with van der Waals surface area (Å²) in [5.41, 5.74) is 22.8. The molecule has 8 heteroatoms. The number of anilines is 4. The fourth-order valence-corrected chi connectivity index (χ4v) is 13.1. The maximum absolute atomic E-state index is 3.91. The summed E-state index contributed by atoms with van der Waals surface area (Å²) in [6, 6.07) is 54.4. The van der Waals surface area contributed by atoms with E-state index >= 15 is 0 Å².